The summed E-state index contributed by atoms with van der Waals surface area (Å²) in [6, 6.07) is 6.07. The second-order valence-electron chi connectivity index (χ2n) is 4.69. The highest BCUT2D eigenvalue weighted by molar-refractivity contribution is 9.10. The summed E-state index contributed by atoms with van der Waals surface area (Å²) >= 11 is 9.70. The molecule has 17 heavy (non-hydrogen) atoms. The summed E-state index contributed by atoms with van der Waals surface area (Å²) in [5.74, 6) is 6.34. The van der Waals surface area contributed by atoms with Gasteiger partial charge in [0, 0.05) is 10.5 Å². The van der Waals surface area contributed by atoms with E-state index in [0.29, 0.717) is 0 Å². The molecule has 0 saturated heterocycles. The Kier molecular flexibility index (Phi) is 6.49. The Morgan fingerprint density at radius 1 is 1.35 bits per heavy atom. The third kappa shape index (κ3) is 4.59. The number of benzene rings is 1. The molecule has 4 heteroatoms. The van der Waals surface area contributed by atoms with Crippen molar-refractivity contribution >= 4 is 27.5 Å². The van der Waals surface area contributed by atoms with Gasteiger partial charge < -0.3 is 0 Å². The van der Waals surface area contributed by atoms with E-state index in [1.54, 1.807) is 0 Å². The average molecular weight is 320 g/mol. The lowest BCUT2D eigenvalue weighted by Crippen LogP contribution is -2.28. The lowest BCUT2D eigenvalue weighted by atomic mass is 9.98. The highest BCUT2D eigenvalue weighted by Gasteiger charge is 2.14. The number of nitrogens with one attached hydrogen (secondary N) is 1. The number of halogens is 2. The van der Waals surface area contributed by atoms with Gasteiger partial charge in [-0.3, -0.25) is 11.3 Å². The molecule has 2 nitrogen and oxygen atoms in total. The molecule has 0 aromatic heterocycles. The Labute approximate surface area is 117 Å². The van der Waals surface area contributed by atoms with Crippen molar-refractivity contribution in [2.75, 3.05) is 0 Å². The average Bonchev–Trinajstić information content (AvgIpc) is 2.28. The van der Waals surface area contributed by atoms with Gasteiger partial charge in [-0.25, -0.2) is 0 Å². The molecule has 1 atom stereocenters. The molecular weight excluding hydrogens is 300 g/mol. The zero-order chi connectivity index (χ0) is 12.8. The fourth-order valence-electron chi connectivity index (χ4n) is 1.85. The highest BCUT2D eigenvalue weighted by atomic mass is 79.9. The Balaban J connectivity index is 2.69. The molecule has 0 fully saturated rings. The zero-order valence-corrected chi connectivity index (χ0v) is 12.7. The van der Waals surface area contributed by atoms with Crippen LogP contribution in [-0.2, 0) is 0 Å². The van der Waals surface area contributed by atoms with E-state index in [0.717, 1.165) is 33.8 Å². The van der Waals surface area contributed by atoms with Gasteiger partial charge in [0.15, 0.2) is 0 Å². The maximum atomic E-state index is 6.27. The Morgan fingerprint density at radius 2 is 2.06 bits per heavy atom. The molecule has 0 aliphatic heterocycles. The third-order valence-electron chi connectivity index (χ3n) is 2.83. The van der Waals surface area contributed by atoms with Crippen LogP contribution in [0.1, 0.15) is 44.7 Å². The van der Waals surface area contributed by atoms with Crippen molar-refractivity contribution in [3.05, 3.63) is 33.3 Å². The van der Waals surface area contributed by atoms with Crippen molar-refractivity contribution in [3.63, 3.8) is 0 Å². The summed E-state index contributed by atoms with van der Waals surface area (Å²) in [5.41, 5.74) is 3.92. The first kappa shape index (κ1) is 15.0. The predicted molar refractivity (Wildman–Crippen MR) is 77.9 cm³/mol. The van der Waals surface area contributed by atoms with Gasteiger partial charge in [-0.15, -0.1) is 0 Å². The fraction of sp³-hybridized carbons (Fsp3) is 0.538. The van der Waals surface area contributed by atoms with E-state index in [-0.39, 0.29) is 6.04 Å². The molecule has 0 aliphatic rings. The van der Waals surface area contributed by atoms with Crippen LogP contribution in [-0.4, -0.2) is 0 Å². The van der Waals surface area contributed by atoms with E-state index in [4.69, 9.17) is 17.4 Å². The van der Waals surface area contributed by atoms with Gasteiger partial charge in [-0.1, -0.05) is 50.4 Å². The van der Waals surface area contributed by atoms with E-state index < -0.39 is 0 Å². The lowest BCUT2D eigenvalue weighted by molar-refractivity contribution is 0.455. The molecule has 0 bridgehead atoms. The molecular formula is C13H20BrClN2. The van der Waals surface area contributed by atoms with E-state index in [2.05, 4.69) is 35.2 Å². The second kappa shape index (κ2) is 7.37. The topological polar surface area (TPSA) is 38.0 Å². The second-order valence-corrected chi connectivity index (χ2v) is 5.92. The number of hydrogen-bond acceptors (Lipinski definition) is 2. The molecule has 1 aromatic rings. The lowest BCUT2D eigenvalue weighted by Gasteiger charge is -2.18. The Bertz CT molecular complexity index is 355. The van der Waals surface area contributed by atoms with Gasteiger partial charge >= 0.3 is 0 Å². The van der Waals surface area contributed by atoms with Crippen molar-refractivity contribution in [1.82, 2.24) is 5.43 Å². The van der Waals surface area contributed by atoms with Gasteiger partial charge in [0.05, 0.1) is 5.02 Å². The molecule has 0 heterocycles. The van der Waals surface area contributed by atoms with Gasteiger partial charge in [-0.2, -0.15) is 0 Å². The largest absolute Gasteiger partial charge is 0.271 e. The van der Waals surface area contributed by atoms with Gasteiger partial charge in [0.2, 0.25) is 0 Å². The molecule has 1 rings (SSSR count). The monoisotopic (exact) mass is 318 g/mol. The Hall–Kier alpha value is -0.0900. The number of rotatable bonds is 6. The van der Waals surface area contributed by atoms with E-state index in [9.17, 15) is 0 Å². The minimum Gasteiger partial charge on any atom is -0.271 e. The first-order valence-corrected chi connectivity index (χ1v) is 7.13. The molecule has 0 saturated carbocycles. The van der Waals surface area contributed by atoms with Crippen LogP contribution in [0.15, 0.2) is 22.7 Å². The Morgan fingerprint density at radius 3 is 2.65 bits per heavy atom. The summed E-state index contributed by atoms with van der Waals surface area (Å²) in [6.45, 7) is 4.47. The number of hydrogen-bond donors (Lipinski definition) is 2. The zero-order valence-electron chi connectivity index (χ0n) is 10.3. The highest BCUT2D eigenvalue weighted by Crippen LogP contribution is 2.32. The fourth-order valence-corrected chi connectivity index (χ4v) is 2.49. The van der Waals surface area contributed by atoms with Crippen LogP contribution in [0, 0.1) is 5.92 Å². The van der Waals surface area contributed by atoms with Crippen molar-refractivity contribution in [3.8, 4) is 0 Å². The number of hydrazine groups is 1. The van der Waals surface area contributed by atoms with Crippen molar-refractivity contribution in [2.24, 2.45) is 11.8 Å². The summed E-state index contributed by atoms with van der Waals surface area (Å²) in [7, 11) is 0. The van der Waals surface area contributed by atoms with Crippen LogP contribution in [0.4, 0.5) is 0 Å². The minimum absolute atomic E-state index is 0.124. The van der Waals surface area contributed by atoms with Crippen LogP contribution >= 0.6 is 27.5 Å². The standard InChI is InChI=1S/C13H20BrClN2/c1-9(2)5-3-8-12(17-16)10-6-4-7-11(14)13(10)15/h4,6-7,9,12,17H,3,5,8,16H2,1-2H3. The quantitative estimate of drug-likeness (QED) is 0.601. The maximum Gasteiger partial charge on any atom is 0.0596 e. The van der Waals surface area contributed by atoms with Crippen LogP contribution in [0.3, 0.4) is 0 Å². The van der Waals surface area contributed by atoms with Gasteiger partial charge in [0.25, 0.3) is 0 Å². The minimum atomic E-state index is 0.124. The van der Waals surface area contributed by atoms with Crippen LogP contribution < -0.4 is 11.3 Å². The molecule has 0 spiro atoms. The van der Waals surface area contributed by atoms with E-state index in [1.807, 2.05) is 18.2 Å². The summed E-state index contributed by atoms with van der Waals surface area (Å²) in [5, 5.41) is 0.750. The third-order valence-corrected chi connectivity index (χ3v) is 4.14. The first-order valence-electron chi connectivity index (χ1n) is 5.96. The maximum absolute atomic E-state index is 6.27. The first-order chi connectivity index (χ1) is 8.06. The van der Waals surface area contributed by atoms with Crippen molar-refractivity contribution in [2.45, 2.75) is 39.2 Å². The van der Waals surface area contributed by atoms with Gasteiger partial charge in [0.1, 0.15) is 0 Å². The van der Waals surface area contributed by atoms with Crippen LogP contribution in [0.25, 0.3) is 0 Å². The smallest absolute Gasteiger partial charge is 0.0596 e. The number of nitrogens with two attached hydrogens (primary N) is 1. The van der Waals surface area contributed by atoms with Crippen LogP contribution in [0.2, 0.25) is 5.02 Å². The van der Waals surface area contributed by atoms with E-state index in [1.165, 1.54) is 6.42 Å². The molecule has 0 radical (unpaired) electrons. The van der Waals surface area contributed by atoms with Crippen LogP contribution in [0.5, 0.6) is 0 Å². The van der Waals surface area contributed by atoms with Gasteiger partial charge in [-0.05, 0) is 39.9 Å². The normalized spacial score (nSPS) is 13.1. The molecule has 0 aliphatic carbocycles. The SMILES string of the molecule is CC(C)CCCC(NN)c1cccc(Br)c1Cl. The molecule has 0 amide bonds. The molecule has 96 valence electrons. The van der Waals surface area contributed by atoms with Crippen molar-refractivity contribution < 1.29 is 0 Å². The predicted octanol–water partition coefficient (Wildman–Crippen LogP) is 4.43. The summed E-state index contributed by atoms with van der Waals surface area (Å²) < 4.78 is 0.917. The summed E-state index contributed by atoms with van der Waals surface area (Å²) in [6.07, 6.45) is 3.37. The van der Waals surface area contributed by atoms with E-state index >= 15 is 0 Å². The van der Waals surface area contributed by atoms with Crippen molar-refractivity contribution in [1.29, 1.82) is 0 Å². The molecule has 1 aromatic carbocycles. The summed E-state index contributed by atoms with van der Waals surface area (Å²) in [4.78, 5) is 0. The molecule has 3 N–H and O–H groups in total. The molecule has 1 unspecified atom stereocenters.